The Morgan fingerprint density at radius 3 is 2.52 bits per heavy atom. The second-order valence-corrected chi connectivity index (χ2v) is 7.60. The van der Waals surface area contributed by atoms with Crippen LogP contribution in [0.4, 0.5) is 5.69 Å². The van der Waals surface area contributed by atoms with Gasteiger partial charge in [0.25, 0.3) is 5.91 Å². The van der Waals surface area contributed by atoms with E-state index >= 15 is 0 Å². The van der Waals surface area contributed by atoms with Crippen LogP contribution in [0, 0.1) is 0 Å². The molecule has 2 nitrogen and oxygen atoms in total. The molecule has 2 aromatic rings. The molecule has 23 heavy (non-hydrogen) atoms. The summed E-state index contributed by atoms with van der Waals surface area (Å²) in [5.41, 5.74) is 1.43. The van der Waals surface area contributed by atoms with E-state index < -0.39 is 0 Å². The lowest BCUT2D eigenvalue weighted by Crippen LogP contribution is -2.27. The summed E-state index contributed by atoms with van der Waals surface area (Å²) in [5, 5.41) is 1.45. The van der Waals surface area contributed by atoms with E-state index in [9.17, 15) is 4.79 Å². The topological polar surface area (TPSA) is 20.3 Å². The van der Waals surface area contributed by atoms with Crippen LogP contribution in [0.15, 0.2) is 47.4 Å². The van der Waals surface area contributed by atoms with Gasteiger partial charge in [0.1, 0.15) is 0 Å². The number of thioether (sulfide) groups is 1. The minimum absolute atomic E-state index is 0.187. The van der Waals surface area contributed by atoms with Crippen molar-refractivity contribution in [3.63, 3.8) is 0 Å². The van der Waals surface area contributed by atoms with Gasteiger partial charge in [0.2, 0.25) is 0 Å². The summed E-state index contributed by atoms with van der Waals surface area (Å²) >= 11 is 24.4. The molecule has 0 unspecified atom stereocenters. The third-order valence-corrected chi connectivity index (χ3v) is 5.38. The number of rotatable bonds is 2. The van der Waals surface area contributed by atoms with Gasteiger partial charge in [-0.3, -0.25) is 9.69 Å². The first kappa shape index (κ1) is 16.8. The Kier molecular flexibility index (Phi) is 4.99. The summed E-state index contributed by atoms with van der Waals surface area (Å²) in [4.78, 5) is 14.6. The third kappa shape index (κ3) is 3.57. The second kappa shape index (κ2) is 6.83. The largest absolute Gasteiger partial charge is 0.270 e. The molecule has 1 amide bonds. The van der Waals surface area contributed by atoms with Gasteiger partial charge in [0.05, 0.1) is 20.6 Å². The molecule has 0 saturated carbocycles. The van der Waals surface area contributed by atoms with Gasteiger partial charge in [-0.15, -0.1) is 0 Å². The summed E-state index contributed by atoms with van der Waals surface area (Å²) in [6, 6.07) is 12.2. The van der Waals surface area contributed by atoms with Crippen LogP contribution in [-0.4, -0.2) is 10.2 Å². The predicted molar refractivity (Wildman–Crippen MR) is 104 cm³/mol. The lowest BCUT2D eigenvalue weighted by atomic mass is 10.2. The van der Waals surface area contributed by atoms with Crippen molar-refractivity contribution in [1.29, 1.82) is 0 Å². The van der Waals surface area contributed by atoms with E-state index in [0.29, 0.717) is 30.0 Å². The van der Waals surface area contributed by atoms with Crippen LogP contribution < -0.4 is 4.90 Å². The Labute approximate surface area is 158 Å². The standard InChI is InChI=1S/C16H8Cl3NOS2/c17-10-2-1-3-11(8-10)20-15(21)14(23-16(20)22)7-9-4-5-12(18)13(19)6-9/h1-8H/b14-7-. The number of hydrogen-bond acceptors (Lipinski definition) is 3. The molecule has 0 N–H and O–H groups in total. The minimum Gasteiger partial charge on any atom is -0.268 e. The molecule has 0 spiro atoms. The summed E-state index contributed by atoms with van der Waals surface area (Å²) < 4.78 is 0.462. The molecular formula is C16H8Cl3NOS2. The molecule has 1 aliphatic heterocycles. The zero-order chi connectivity index (χ0) is 16.6. The number of halogens is 3. The van der Waals surface area contributed by atoms with E-state index in [-0.39, 0.29) is 5.91 Å². The SMILES string of the molecule is O=C1/C(=C/c2ccc(Cl)c(Cl)c2)SC(=S)N1c1cccc(Cl)c1. The number of anilines is 1. The first-order valence-electron chi connectivity index (χ1n) is 6.44. The maximum Gasteiger partial charge on any atom is 0.270 e. The first-order chi connectivity index (χ1) is 11.0. The van der Waals surface area contributed by atoms with E-state index in [2.05, 4.69) is 0 Å². The highest BCUT2D eigenvalue weighted by molar-refractivity contribution is 8.27. The zero-order valence-electron chi connectivity index (χ0n) is 11.4. The molecule has 1 aliphatic rings. The molecule has 2 aromatic carbocycles. The molecular weight excluding hydrogens is 393 g/mol. The molecule has 1 fully saturated rings. The average molecular weight is 401 g/mol. The van der Waals surface area contributed by atoms with E-state index in [4.69, 9.17) is 47.0 Å². The van der Waals surface area contributed by atoms with Crippen LogP contribution in [-0.2, 0) is 4.79 Å². The van der Waals surface area contributed by atoms with Crippen molar-refractivity contribution in [1.82, 2.24) is 0 Å². The number of hydrogen-bond donors (Lipinski definition) is 0. The summed E-state index contributed by atoms with van der Waals surface area (Å²) in [6.45, 7) is 0. The van der Waals surface area contributed by atoms with Crippen LogP contribution in [0.1, 0.15) is 5.56 Å². The predicted octanol–water partition coefficient (Wildman–Crippen LogP) is 6.05. The molecule has 0 bridgehead atoms. The van der Waals surface area contributed by atoms with Gasteiger partial charge in [0, 0.05) is 5.02 Å². The molecule has 7 heteroatoms. The van der Waals surface area contributed by atoms with Crippen LogP contribution >= 0.6 is 58.8 Å². The van der Waals surface area contributed by atoms with Gasteiger partial charge < -0.3 is 0 Å². The van der Waals surface area contributed by atoms with E-state index in [1.807, 2.05) is 0 Å². The molecule has 0 aromatic heterocycles. The van der Waals surface area contributed by atoms with Crippen molar-refractivity contribution >= 4 is 80.8 Å². The molecule has 0 radical (unpaired) electrons. The molecule has 0 atom stereocenters. The Morgan fingerprint density at radius 1 is 1.04 bits per heavy atom. The van der Waals surface area contributed by atoms with Crippen LogP contribution in [0.2, 0.25) is 15.1 Å². The number of thiocarbonyl (C=S) groups is 1. The Bertz CT molecular complexity index is 851. The van der Waals surface area contributed by atoms with E-state index in [1.54, 1.807) is 48.5 Å². The van der Waals surface area contributed by atoms with Gasteiger partial charge in [-0.05, 0) is 42.0 Å². The van der Waals surface area contributed by atoms with Crippen molar-refractivity contribution in [3.8, 4) is 0 Å². The van der Waals surface area contributed by atoms with Gasteiger partial charge >= 0.3 is 0 Å². The van der Waals surface area contributed by atoms with Gasteiger partial charge in [-0.1, -0.05) is 70.9 Å². The normalized spacial score (nSPS) is 16.5. The maximum atomic E-state index is 12.6. The fourth-order valence-electron chi connectivity index (χ4n) is 2.06. The smallest absolute Gasteiger partial charge is 0.268 e. The fourth-order valence-corrected chi connectivity index (χ4v) is 3.85. The van der Waals surface area contributed by atoms with Crippen LogP contribution in [0.3, 0.4) is 0 Å². The first-order valence-corrected chi connectivity index (χ1v) is 8.80. The summed E-state index contributed by atoms with van der Waals surface area (Å²) in [7, 11) is 0. The molecule has 0 aliphatic carbocycles. The third-order valence-electron chi connectivity index (χ3n) is 3.10. The zero-order valence-corrected chi connectivity index (χ0v) is 15.3. The highest BCUT2D eigenvalue weighted by Gasteiger charge is 2.33. The van der Waals surface area contributed by atoms with Crippen molar-refractivity contribution in [2.45, 2.75) is 0 Å². The Balaban J connectivity index is 1.94. The number of nitrogens with zero attached hydrogens (tertiary/aromatic N) is 1. The summed E-state index contributed by atoms with van der Waals surface area (Å²) in [5.74, 6) is -0.187. The van der Waals surface area contributed by atoms with Gasteiger partial charge in [-0.2, -0.15) is 0 Å². The van der Waals surface area contributed by atoms with Crippen LogP contribution in [0.5, 0.6) is 0 Å². The lowest BCUT2D eigenvalue weighted by Gasteiger charge is -2.14. The molecule has 1 saturated heterocycles. The molecule has 1 heterocycles. The highest BCUT2D eigenvalue weighted by atomic mass is 35.5. The monoisotopic (exact) mass is 399 g/mol. The van der Waals surface area contributed by atoms with E-state index in [0.717, 1.165) is 5.56 Å². The quantitative estimate of drug-likeness (QED) is 0.452. The fraction of sp³-hybridized carbons (Fsp3) is 0. The lowest BCUT2D eigenvalue weighted by molar-refractivity contribution is -0.113. The van der Waals surface area contributed by atoms with Crippen molar-refractivity contribution < 1.29 is 4.79 Å². The second-order valence-electron chi connectivity index (χ2n) is 4.67. The van der Waals surface area contributed by atoms with Gasteiger partial charge in [0.15, 0.2) is 4.32 Å². The number of amides is 1. The number of carbonyl (C=O) groups excluding carboxylic acids is 1. The van der Waals surface area contributed by atoms with Crippen molar-refractivity contribution in [2.75, 3.05) is 4.90 Å². The highest BCUT2D eigenvalue weighted by Crippen LogP contribution is 2.37. The number of carbonyl (C=O) groups is 1. The maximum absolute atomic E-state index is 12.6. The molecule has 3 rings (SSSR count). The number of benzene rings is 2. The Morgan fingerprint density at radius 2 is 1.83 bits per heavy atom. The van der Waals surface area contributed by atoms with Crippen molar-refractivity contribution in [3.05, 3.63) is 68.0 Å². The Hall–Kier alpha value is -1.04. The van der Waals surface area contributed by atoms with E-state index in [1.165, 1.54) is 16.7 Å². The average Bonchev–Trinajstić information content (AvgIpc) is 2.77. The van der Waals surface area contributed by atoms with Crippen LogP contribution in [0.25, 0.3) is 6.08 Å². The molecule has 116 valence electrons. The van der Waals surface area contributed by atoms with Gasteiger partial charge in [-0.25, -0.2) is 0 Å². The minimum atomic E-state index is -0.187. The summed E-state index contributed by atoms with van der Waals surface area (Å²) in [6.07, 6.45) is 1.74. The van der Waals surface area contributed by atoms with Crippen molar-refractivity contribution in [2.24, 2.45) is 0 Å².